The Morgan fingerprint density at radius 1 is 1.50 bits per heavy atom. The summed E-state index contributed by atoms with van der Waals surface area (Å²) >= 11 is 0. The summed E-state index contributed by atoms with van der Waals surface area (Å²) in [6.07, 6.45) is 0.555. The van der Waals surface area contributed by atoms with Crippen LogP contribution in [-0.4, -0.2) is 12.5 Å². The van der Waals surface area contributed by atoms with Crippen molar-refractivity contribution in [3.05, 3.63) is 12.4 Å². The third-order valence-electron chi connectivity index (χ3n) is 0.981. The van der Waals surface area contributed by atoms with E-state index >= 15 is 0 Å². The van der Waals surface area contributed by atoms with E-state index in [1.54, 1.807) is 0 Å². The van der Waals surface area contributed by atoms with E-state index in [0.29, 0.717) is 18.8 Å². The molecule has 0 unspecified atom stereocenters. The molecule has 0 bridgehead atoms. The van der Waals surface area contributed by atoms with Gasteiger partial charge in [-0.2, -0.15) is 0 Å². The van der Waals surface area contributed by atoms with Crippen LogP contribution < -0.4 is 10.6 Å². The SMILES string of the molecule is C=C1NCCC(=O)N1.CC. The van der Waals surface area contributed by atoms with Gasteiger partial charge in [-0.05, 0) is 0 Å². The molecule has 10 heavy (non-hydrogen) atoms. The molecule has 0 spiro atoms. The fourth-order valence-electron chi connectivity index (χ4n) is 0.602. The van der Waals surface area contributed by atoms with Crippen LogP contribution in [0.2, 0.25) is 0 Å². The predicted octanol–water partition coefficient (Wildman–Crippen LogP) is 0.593. The van der Waals surface area contributed by atoms with Crippen LogP contribution >= 0.6 is 0 Å². The highest BCUT2D eigenvalue weighted by atomic mass is 16.1. The molecule has 1 rings (SSSR count). The maximum Gasteiger partial charge on any atom is 0.227 e. The fraction of sp³-hybridized carbons (Fsp3) is 0.571. The summed E-state index contributed by atoms with van der Waals surface area (Å²) in [4.78, 5) is 10.5. The molecule has 0 saturated carbocycles. The molecule has 0 aromatic rings. The molecule has 58 valence electrons. The van der Waals surface area contributed by atoms with Crippen LogP contribution in [0.25, 0.3) is 0 Å². The first kappa shape index (κ1) is 9.01. The molecule has 0 aromatic carbocycles. The Morgan fingerprint density at radius 3 is 2.40 bits per heavy atom. The summed E-state index contributed by atoms with van der Waals surface area (Å²) in [5.74, 6) is 0.662. The maximum absolute atomic E-state index is 10.5. The van der Waals surface area contributed by atoms with Crippen LogP contribution in [0.3, 0.4) is 0 Å². The zero-order valence-corrected chi connectivity index (χ0v) is 6.53. The summed E-state index contributed by atoms with van der Waals surface area (Å²) in [6.45, 7) is 8.23. The molecule has 1 amide bonds. The standard InChI is InChI=1S/C5H8N2O.C2H6/c1-4-6-3-2-5(8)7-4;1-2/h6H,1-3H2,(H,7,8);1-2H3. The lowest BCUT2D eigenvalue weighted by atomic mass is 10.3. The lowest BCUT2D eigenvalue weighted by molar-refractivity contribution is -0.121. The summed E-state index contributed by atoms with van der Waals surface area (Å²) in [5, 5.41) is 5.42. The highest BCUT2D eigenvalue weighted by Crippen LogP contribution is 1.88. The lowest BCUT2D eigenvalue weighted by Gasteiger charge is -2.15. The average Bonchev–Trinajstić information content (AvgIpc) is 1.91. The van der Waals surface area contributed by atoms with E-state index in [1.165, 1.54) is 0 Å². The van der Waals surface area contributed by atoms with Gasteiger partial charge in [-0.15, -0.1) is 0 Å². The molecule has 0 aliphatic carbocycles. The molecule has 0 aromatic heterocycles. The van der Waals surface area contributed by atoms with Gasteiger partial charge in [0.05, 0.1) is 5.82 Å². The third-order valence-corrected chi connectivity index (χ3v) is 0.981. The Bertz CT molecular complexity index is 118. The minimum atomic E-state index is 0.0498. The first-order valence-corrected chi connectivity index (χ1v) is 3.51. The summed E-state index contributed by atoms with van der Waals surface area (Å²) < 4.78 is 0. The van der Waals surface area contributed by atoms with Gasteiger partial charge in [0, 0.05) is 13.0 Å². The maximum atomic E-state index is 10.5. The number of nitrogens with one attached hydrogen (secondary N) is 2. The van der Waals surface area contributed by atoms with E-state index in [2.05, 4.69) is 17.2 Å². The van der Waals surface area contributed by atoms with Crippen molar-refractivity contribution in [3.8, 4) is 0 Å². The normalized spacial score (nSPS) is 16.2. The van der Waals surface area contributed by atoms with Gasteiger partial charge >= 0.3 is 0 Å². The van der Waals surface area contributed by atoms with Crippen molar-refractivity contribution in [2.24, 2.45) is 0 Å². The highest BCUT2D eigenvalue weighted by Gasteiger charge is 2.07. The van der Waals surface area contributed by atoms with Gasteiger partial charge in [-0.25, -0.2) is 0 Å². The Kier molecular flexibility index (Phi) is 4.37. The number of carbonyl (C=O) groups excluding carboxylic acids is 1. The molecule has 1 saturated heterocycles. The molecule has 0 radical (unpaired) electrons. The van der Waals surface area contributed by atoms with Crippen molar-refractivity contribution < 1.29 is 4.79 Å². The van der Waals surface area contributed by atoms with Gasteiger partial charge in [-0.3, -0.25) is 4.79 Å². The van der Waals surface area contributed by atoms with Crippen molar-refractivity contribution in [2.45, 2.75) is 20.3 Å². The second-order valence-electron chi connectivity index (χ2n) is 1.70. The van der Waals surface area contributed by atoms with E-state index < -0.39 is 0 Å². The fourth-order valence-corrected chi connectivity index (χ4v) is 0.602. The number of hydrogen-bond acceptors (Lipinski definition) is 2. The zero-order chi connectivity index (χ0) is 7.98. The van der Waals surface area contributed by atoms with Gasteiger partial charge in [-0.1, -0.05) is 20.4 Å². The van der Waals surface area contributed by atoms with Gasteiger partial charge in [0.15, 0.2) is 0 Å². The molecule has 3 heteroatoms. The smallest absolute Gasteiger partial charge is 0.227 e. The number of amides is 1. The van der Waals surface area contributed by atoms with Crippen molar-refractivity contribution >= 4 is 5.91 Å². The van der Waals surface area contributed by atoms with Crippen LogP contribution in [0.1, 0.15) is 20.3 Å². The first-order valence-electron chi connectivity index (χ1n) is 3.51. The second kappa shape index (κ2) is 4.85. The quantitative estimate of drug-likeness (QED) is 0.520. The minimum absolute atomic E-state index is 0.0498. The highest BCUT2D eigenvalue weighted by molar-refractivity contribution is 5.78. The van der Waals surface area contributed by atoms with Gasteiger partial charge in [0.25, 0.3) is 0 Å². The predicted molar refractivity (Wildman–Crippen MR) is 41.3 cm³/mol. The van der Waals surface area contributed by atoms with Crippen molar-refractivity contribution in [1.29, 1.82) is 0 Å². The van der Waals surface area contributed by atoms with E-state index in [0.717, 1.165) is 0 Å². The van der Waals surface area contributed by atoms with E-state index in [4.69, 9.17) is 0 Å². The van der Waals surface area contributed by atoms with Crippen molar-refractivity contribution in [3.63, 3.8) is 0 Å². The van der Waals surface area contributed by atoms with Gasteiger partial charge in [0.1, 0.15) is 0 Å². The Labute approximate surface area is 61.5 Å². The Morgan fingerprint density at radius 2 is 2.10 bits per heavy atom. The lowest BCUT2D eigenvalue weighted by Crippen LogP contribution is -2.38. The minimum Gasteiger partial charge on any atom is -0.372 e. The van der Waals surface area contributed by atoms with Crippen molar-refractivity contribution in [1.82, 2.24) is 10.6 Å². The van der Waals surface area contributed by atoms with Crippen LogP contribution in [0.4, 0.5) is 0 Å². The average molecular weight is 142 g/mol. The number of rotatable bonds is 0. The molecule has 1 aliphatic heterocycles. The van der Waals surface area contributed by atoms with Crippen LogP contribution in [-0.2, 0) is 4.79 Å². The number of carbonyl (C=O) groups is 1. The molecule has 1 aliphatic rings. The van der Waals surface area contributed by atoms with Gasteiger partial charge < -0.3 is 10.6 Å². The summed E-state index contributed by atoms with van der Waals surface area (Å²) in [6, 6.07) is 0. The topological polar surface area (TPSA) is 41.1 Å². The molecular weight excluding hydrogens is 128 g/mol. The summed E-state index contributed by atoms with van der Waals surface area (Å²) in [7, 11) is 0. The molecule has 1 heterocycles. The van der Waals surface area contributed by atoms with E-state index in [1.807, 2.05) is 13.8 Å². The molecule has 0 atom stereocenters. The third kappa shape index (κ3) is 3.12. The van der Waals surface area contributed by atoms with Crippen LogP contribution in [0.5, 0.6) is 0 Å². The zero-order valence-electron chi connectivity index (χ0n) is 6.53. The second-order valence-corrected chi connectivity index (χ2v) is 1.70. The van der Waals surface area contributed by atoms with E-state index in [-0.39, 0.29) is 5.91 Å². The van der Waals surface area contributed by atoms with E-state index in [9.17, 15) is 4.79 Å². The largest absolute Gasteiger partial charge is 0.372 e. The first-order chi connectivity index (χ1) is 4.79. The van der Waals surface area contributed by atoms with Crippen LogP contribution in [0, 0.1) is 0 Å². The van der Waals surface area contributed by atoms with Crippen LogP contribution in [0.15, 0.2) is 12.4 Å². The molecule has 2 N–H and O–H groups in total. The molecule has 1 fully saturated rings. The summed E-state index contributed by atoms with van der Waals surface area (Å²) in [5.41, 5.74) is 0. The monoisotopic (exact) mass is 142 g/mol. The Balaban J connectivity index is 0.000000371. The molecule has 3 nitrogen and oxygen atoms in total. The van der Waals surface area contributed by atoms with Crippen molar-refractivity contribution in [2.75, 3.05) is 6.54 Å². The Hall–Kier alpha value is -0.990. The number of hydrogen-bond donors (Lipinski definition) is 2. The molecular formula is C7H14N2O. The van der Waals surface area contributed by atoms with Gasteiger partial charge in [0.2, 0.25) is 5.91 Å².